The smallest absolute Gasteiger partial charge is 0.475 e. The van der Waals surface area contributed by atoms with Crippen LogP contribution in [0.2, 0.25) is 10.4 Å². The van der Waals surface area contributed by atoms with Gasteiger partial charge in [-0.2, -0.15) is 13.2 Å². The molecule has 0 bridgehead atoms. The number of aliphatic carboxylic acids is 1. The molecule has 0 aliphatic carbocycles. The summed E-state index contributed by atoms with van der Waals surface area (Å²) in [7, 11) is 0. The second-order valence-corrected chi connectivity index (χ2v) is 3.81. The van der Waals surface area contributed by atoms with Crippen molar-refractivity contribution in [1.29, 1.82) is 0 Å². The van der Waals surface area contributed by atoms with Gasteiger partial charge in [0, 0.05) is 18.7 Å². The first-order chi connectivity index (χ1) is 8.21. The predicted octanol–water partition coefficient (Wildman–Crippen LogP) is 2.02. The number of carboxylic acid groups (broad SMARTS) is 1. The Balaban J connectivity index is 0.000000203. The number of halogens is 5. The van der Waals surface area contributed by atoms with Crippen molar-refractivity contribution < 1.29 is 23.1 Å². The molecule has 2 heterocycles. The average molecular weight is 304 g/mol. The quantitative estimate of drug-likeness (QED) is 0.566. The topological polar surface area (TPSA) is 75.1 Å². The second kappa shape index (κ2) is 5.68. The summed E-state index contributed by atoms with van der Waals surface area (Å²) in [6, 6.07) is 0. The van der Waals surface area contributed by atoms with Gasteiger partial charge >= 0.3 is 12.1 Å². The molecule has 1 aliphatic rings. The highest BCUT2D eigenvalue weighted by Gasteiger charge is 2.38. The molecule has 0 saturated heterocycles. The Labute approximate surface area is 109 Å². The molecule has 1 aromatic rings. The van der Waals surface area contributed by atoms with Crippen molar-refractivity contribution in [2.45, 2.75) is 19.3 Å². The lowest BCUT2D eigenvalue weighted by Crippen LogP contribution is -2.21. The number of hydrogen-bond acceptors (Lipinski definition) is 4. The summed E-state index contributed by atoms with van der Waals surface area (Å²) >= 11 is 11.4. The molecule has 0 aromatic carbocycles. The van der Waals surface area contributed by atoms with E-state index >= 15 is 0 Å². The van der Waals surface area contributed by atoms with E-state index in [9.17, 15) is 13.2 Å². The minimum Gasteiger partial charge on any atom is -0.475 e. The van der Waals surface area contributed by atoms with Gasteiger partial charge in [-0.05, 0) is 11.6 Å². The highest BCUT2D eigenvalue weighted by Crippen LogP contribution is 2.22. The Kier molecular flexibility index (Phi) is 4.71. The van der Waals surface area contributed by atoms with E-state index < -0.39 is 12.1 Å². The minimum atomic E-state index is -5.08. The molecule has 0 atom stereocenters. The van der Waals surface area contributed by atoms with Crippen molar-refractivity contribution in [2.75, 3.05) is 0 Å². The Morgan fingerprint density at radius 3 is 2.33 bits per heavy atom. The van der Waals surface area contributed by atoms with Gasteiger partial charge in [0.25, 0.3) is 0 Å². The van der Waals surface area contributed by atoms with Crippen LogP contribution in [-0.2, 0) is 17.9 Å². The van der Waals surface area contributed by atoms with Crippen LogP contribution in [0.15, 0.2) is 0 Å². The number of aromatic nitrogens is 2. The first-order valence-electron chi connectivity index (χ1n) is 4.43. The van der Waals surface area contributed by atoms with E-state index in [0.717, 1.165) is 24.3 Å². The number of rotatable bonds is 0. The highest BCUT2D eigenvalue weighted by molar-refractivity contribution is 6.32. The average Bonchev–Trinajstić information content (AvgIpc) is 2.64. The standard InChI is InChI=1S/C6H5Cl2N3.C2HF3O2/c7-5-3-1-9-2-4(3)10-6(8)11-5;3-2(4,5)1(6)7/h9H,1-2H2;(H,6,7). The Morgan fingerprint density at radius 2 is 1.83 bits per heavy atom. The summed E-state index contributed by atoms with van der Waals surface area (Å²) in [5.41, 5.74) is 1.88. The SMILES string of the molecule is Clc1nc(Cl)c2c(n1)CNC2.O=C(O)C(F)(F)F. The van der Waals surface area contributed by atoms with Crippen molar-refractivity contribution in [3.05, 3.63) is 21.7 Å². The molecule has 0 amide bonds. The van der Waals surface area contributed by atoms with Gasteiger partial charge in [0.1, 0.15) is 5.15 Å². The molecule has 100 valence electrons. The third-order valence-corrected chi connectivity index (χ3v) is 2.33. The third-order valence-electron chi connectivity index (χ3n) is 1.85. The summed E-state index contributed by atoms with van der Waals surface area (Å²) in [6.45, 7) is 1.47. The molecule has 0 spiro atoms. The fourth-order valence-electron chi connectivity index (χ4n) is 1.10. The maximum atomic E-state index is 10.6. The summed E-state index contributed by atoms with van der Waals surface area (Å²) in [6.07, 6.45) is -5.08. The van der Waals surface area contributed by atoms with E-state index in [1.54, 1.807) is 0 Å². The maximum absolute atomic E-state index is 10.6. The van der Waals surface area contributed by atoms with Crippen LogP contribution >= 0.6 is 23.2 Å². The second-order valence-electron chi connectivity index (χ2n) is 3.12. The number of fused-ring (bicyclic) bond motifs is 1. The minimum absolute atomic E-state index is 0.220. The zero-order chi connectivity index (χ0) is 13.9. The van der Waals surface area contributed by atoms with Crippen LogP contribution in [-0.4, -0.2) is 27.2 Å². The molecule has 5 nitrogen and oxygen atoms in total. The molecule has 18 heavy (non-hydrogen) atoms. The van der Waals surface area contributed by atoms with E-state index in [2.05, 4.69) is 15.3 Å². The number of nitrogens with zero attached hydrogens (tertiary/aromatic N) is 2. The Morgan fingerprint density at radius 1 is 1.28 bits per heavy atom. The Hall–Kier alpha value is -1.12. The van der Waals surface area contributed by atoms with E-state index in [4.69, 9.17) is 33.1 Å². The van der Waals surface area contributed by atoms with Crippen molar-refractivity contribution >= 4 is 29.2 Å². The molecule has 0 saturated carbocycles. The van der Waals surface area contributed by atoms with E-state index in [-0.39, 0.29) is 5.28 Å². The summed E-state index contributed by atoms with van der Waals surface area (Å²) in [4.78, 5) is 16.7. The zero-order valence-corrected chi connectivity index (χ0v) is 10.1. The van der Waals surface area contributed by atoms with Crippen LogP contribution < -0.4 is 5.32 Å². The number of carboxylic acids is 1. The van der Waals surface area contributed by atoms with Gasteiger partial charge in [-0.25, -0.2) is 14.8 Å². The number of alkyl halides is 3. The van der Waals surface area contributed by atoms with Gasteiger partial charge in [-0.3, -0.25) is 0 Å². The molecule has 0 fully saturated rings. The molecule has 2 rings (SSSR count). The van der Waals surface area contributed by atoms with Gasteiger partial charge in [0.2, 0.25) is 5.28 Å². The molecule has 1 aromatic heterocycles. The third kappa shape index (κ3) is 3.97. The first-order valence-corrected chi connectivity index (χ1v) is 5.19. The predicted molar refractivity (Wildman–Crippen MR) is 56.3 cm³/mol. The van der Waals surface area contributed by atoms with Gasteiger partial charge < -0.3 is 10.4 Å². The molecule has 0 unspecified atom stereocenters. The summed E-state index contributed by atoms with van der Waals surface area (Å²) in [5.74, 6) is -2.76. The summed E-state index contributed by atoms with van der Waals surface area (Å²) in [5, 5.41) is 10.9. The van der Waals surface area contributed by atoms with Gasteiger partial charge in [-0.15, -0.1) is 0 Å². The highest BCUT2D eigenvalue weighted by atomic mass is 35.5. The van der Waals surface area contributed by atoms with Crippen molar-refractivity contribution in [2.24, 2.45) is 0 Å². The van der Waals surface area contributed by atoms with Gasteiger partial charge in [-0.1, -0.05) is 11.6 Å². The first kappa shape index (κ1) is 14.9. The van der Waals surface area contributed by atoms with E-state index in [1.165, 1.54) is 0 Å². The van der Waals surface area contributed by atoms with Crippen molar-refractivity contribution in [1.82, 2.24) is 15.3 Å². The summed E-state index contributed by atoms with van der Waals surface area (Å²) < 4.78 is 31.7. The lowest BCUT2D eigenvalue weighted by atomic mass is 10.3. The van der Waals surface area contributed by atoms with Crippen molar-refractivity contribution in [3.63, 3.8) is 0 Å². The van der Waals surface area contributed by atoms with Crippen LogP contribution in [0, 0.1) is 0 Å². The fourth-order valence-corrected chi connectivity index (χ4v) is 1.58. The molecule has 10 heteroatoms. The largest absolute Gasteiger partial charge is 0.490 e. The molecular weight excluding hydrogens is 298 g/mol. The van der Waals surface area contributed by atoms with Crippen LogP contribution in [0.25, 0.3) is 0 Å². The molecule has 1 aliphatic heterocycles. The number of nitrogens with one attached hydrogen (secondary N) is 1. The molecular formula is C8H6Cl2F3N3O2. The van der Waals surface area contributed by atoms with E-state index in [1.807, 2.05) is 0 Å². The van der Waals surface area contributed by atoms with Crippen LogP contribution in [0.4, 0.5) is 13.2 Å². The maximum Gasteiger partial charge on any atom is 0.490 e. The van der Waals surface area contributed by atoms with Crippen LogP contribution in [0.1, 0.15) is 11.3 Å². The van der Waals surface area contributed by atoms with E-state index in [0.29, 0.717) is 5.15 Å². The van der Waals surface area contributed by atoms with Crippen molar-refractivity contribution in [3.8, 4) is 0 Å². The fraction of sp³-hybridized carbons (Fsp3) is 0.375. The van der Waals surface area contributed by atoms with Gasteiger partial charge in [0.05, 0.1) is 5.69 Å². The van der Waals surface area contributed by atoms with Gasteiger partial charge in [0.15, 0.2) is 0 Å². The van der Waals surface area contributed by atoms with Crippen LogP contribution in [0.5, 0.6) is 0 Å². The number of carbonyl (C=O) groups is 1. The number of hydrogen-bond donors (Lipinski definition) is 2. The normalized spacial score (nSPS) is 13.6. The Bertz CT molecular complexity index is 468. The monoisotopic (exact) mass is 303 g/mol. The lowest BCUT2D eigenvalue weighted by molar-refractivity contribution is -0.192. The lowest BCUT2D eigenvalue weighted by Gasteiger charge is -1.98. The zero-order valence-electron chi connectivity index (χ0n) is 8.55. The molecule has 0 radical (unpaired) electrons. The van der Waals surface area contributed by atoms with Crippen LogP contribution in [0.3, 0.4) is 0 Å². The molecule has 2 N–H and O–H groups in total.